The Morgan fingerprint density at radius 1 is 1.32 bits per heavy atom. The van der Waals surface area contributed by atoms with E-state index >= 15 is 0 Å². The molecular weight excluding hydrogens is 262 g/mol. The summed E-state index contributed by atoms with van der Waals surface area (Å²) in [5.74, 6) is 1.98. The summed E-state index contributed by atoms with van der Waals surface area (Å²) in [4.78, 5) is 14.1. The fourth-order valence-corrected chi connectivity index (χ4v) is 3.42. The van der Waals surface area contributed by atoms with Gasteiger partial charge >= 0.3 is 0 Å². The number of furan rings is 2. The van der Waals surface area contributed by atoms with Gasteiger partial charge in [-0.2, -0.15) is 0 Å². The number of hydrogen-bond donors (Lipinski definition) is 0. The van der Waals surface area contributed by atoms with E-state index in [4.69, 9.17) is 8.83 Å². The van der Waals surface area contributed by atoms with Crippen LogP contribution < -0.4 is 0 Å². The van der Waals surface area contributed by atoms with Crippen LogP contribution in [0.4, 0.5) is 0 Å². The SMILES string of the molecule is O=C(c1ccoc1)N1CCSC(c2ccco2)CC1. The third-order valence-electron chi connectivity index (χ3n) is 3.26. The van der Waals surface area contributed by atoms with Gasteiger partial charge in [0.1, 0.15) is 12.0 Å². The maximum absolute atomic E-state index is 12.2. The topological polar surface area (TPSA) is 46.6 Å². The second-order valence-corrected chi connectivity index (χ2v) is 5.78. The molecular formula is C14H15NO3S. The summed E-state index contributed by atoms with van der Waals surface area (Å²) in [7, 11) is 0. The average Bonchev–Trinajstić information content (AvgIpc) is 3.08. The number of nitrogens with zero attached hydrogens (tertiary/aromatic N) is 1. The van der Waals surface area contributed by atoms with Crippen LogP contribution in [0.5, 0.6) is 0 Å². The van der Waals surface area contributed by atoms with Crippen molar-refractivity contribution in [1.82, 2.24) is 4.90 Å². The summed E-state index contributed by atoms with van der Waals surface area (Å²) in [5, 5.41) is 0.345. The quantitative estimate of drug-likeness (QED) is 0.845. The zero-order valence-corrected chi connectivity index (χ0v) is 11.3. The number of amides is 1. The Morgan fingerprint density at radius 2 is 2.26 bits per heavy atom. The summed E-state index contributed by atoms with van der Waals surface area (Å²) >= 11 is 1.85. The molecule has 1 aliphatic heterocycles. The number of carbonyl (C=O) groups is 1. The van der Waals surface area contributed by atoms with E-state index in [1.54, 1.807) is 12.3 Å². The molecule has 3 heterocycles. The molecule has 0 radical (unpaired) electrons. The lowest BCUT2D eigenvalue weighted by Crippen LogP contribution is -2.32. The first-order valence-corrected chi connectivity index (χ1v) is 7.36. The molecule has 1 unspecified atom stereocenters. The molecule has 1 saturated heterocycles. The first-order chi connectivity index (χ1) is 9.34. The van der Waals surface area contributed by atoms with E-state index in [9.17, 15) is 4.79 Å². The van der Waals surface area contributed by atoms with Crippen molar-refractivity contribution < 1.29 is 13.6 Å². The number of thioether (sulfide) groups is 1. The first kappa shape index (κ1) is 12.4. The van der Waals surface area contributed by atoms with Crippen molar-refractivity contribution in [1.29, 1.82) is 0 Å². The van der Waals surface area contributed by atoms with Crippen LogP contribution in [0.25, 0.3) is 0 Å². The largest absolute Gasteiger partial charge is 0.472 e. The van der Waals surface area contributed by atoms with Gasteiger partial charge in [-0.15, -0.1) is 11.8 Å². The highest BCUT2D eigenvalue weighted by atomic mass is 32.2. The van der Waals surface area contributed by atoms with Gasteiger partial charge in [0.2, 0.25) is 0 Å². The Labute approximate surface area is 115 Å². The molecule has 3 rings (SSSR count). The van der Waals surface area contributed by atoms with Crippen molar-refractivity contribution in [2.75, 3.05) is 18.8 Å². The summed E-state index contributed by atoms with van der Waals surface area (Å²) < 4.78 is 10.4. The van der Waals surface area contributed by atoms with Crippen molar-refractivity contribution >= 4 is 17.7 Å². The fourth-order valence-electron chi connectivity index (χ4n) is 2.24. The van der Waals surface area contributed by atoms with Crippen molar-refractivity contribution in [3.05, 3.63) is 48.3 Å². The zero-order valence-electron chi connectivity index (χ0n) is 10.5. The Bertz CT molecular complexity index is 521. The van der Waals surface area contributed by atoms with Crippen molar-refractivity contribution in [2.45, 2.75) is 11.7 Å². The van der Waals surface area contributed by atoms with E-state index in [2.05, 4.69) is 0 Å². The minimum absolute atomic E-state index is 0.0504. The molecule has 0 bridgehead atoms. The van der Waals surface area contributed by atoms with E-state index in [0.29, 0.717) is 10.8 Å². The van der Waals surface area contributed by atoms with Crippen LogP contribution >= 0.6 is 11.8 Å². The standard InChI is InChI=1S/C14H15NO3S/c16-14(11-4-8-17-10-11)15-5-3-13(19-9-6-15)12-2-1-7-18-12/h1-2,4,7-8,10,13H,3,5-6,9H2. The van der Waals surface area contributed by atoms with Gasteiger partial charge in [-0.25, -0.2) is 0 Å². The van der Waals surface area contributed by atoms with Crippen molar-refractivity contribution in [3.63, 3.8) is 0 Å². The zero-order chi connectivity index (χ0) is 13.1. The summed E-state index contributed by atoms with van der Waals surface area (Å²) in [6.07, 6.45) is 5.66. The van der Waals surface area contributed by atoms with Gasteiger partial charge in [0.15, 0.2) is 0 Å². The molecule has 1 aliphatic rings. The highest BCUT2D eigenvalue weighted by Gasteiger charge is 2.24. The van der Waals surface area contributed by atoms with Gasteiger partial charge in [-0.3, -0.25) is 4.79 Å². The molecule has 5 heteroatoms. The number of carbonyl (C=O) groups excluding carboxylic acids is 1. The van der Waals surface area contributed by atoms with Crippen LogP contribution in [0.2, 0.25) is 0 Å². The minimum atomic E-state index is 0.0504. The highest BCUT2D eigenvalue weighted by Crippen LogP contribution is 2.34. The predicted molar refractivity (Wildman–Crippen MR) is 73.1 cm³/mol. The molecule has 100 valence electrons. The number of rotatable bonds is 2. The van der Waals surface area contributed by atoms with E-state index in [1.165, 1.54) is 12.5 Å². The van der Waals surface area contributed by atoms with Crippen LogP contribution in [-0.2, 0) is 0 Å². The number of hydrogen-bond acceptors (Lipinski definition) is 4. The molecule has 19 heavy (non-hydrogen) atoms. The molecule has 2 aromatic heterocycles. The monoisotopic (exact) mass is 277 g/mol. The summed E-state index contributed by atoms with van der Waals surface area (Å²) in [6, 6.07) is 5.63. The van der Waals surface area contributed by atoms with Crippen LogP contribution in [-0.4, -0.2) is 29.6 Å². The molecule has 1 amide bonds. The maximum atomic E-state index is 12.2. The van der Waals surface area contributed by atoms with Crippen LogP contribution in [0, 0.1) is 0 Å². The third kappa shape index (κ3) is 2.71. The van der Waals surface area contributed by atoms with Crippen LogP contribution in [0.1, 0.15) is 27.8 Å². The second kappa shape index (κ2) is 5.57. The molecule has 0 aliphatic carbocycles. The highest BCUT2D eigenvalue weighted by molar-refractivity contribution is 7.99. The maximum Gasteiger partial charge on any atom is 0.257 e. The van der Waals surface area contributed by atoms with E-state index in [-0.39, 0.29) is 5.91 Å². The lowest BCUT2D eigenvalue weighted by atomic mass is 10.2. The third-order valence-corrected chi connectivity index (χ3v) is 4.55. The molecule has 0 N–H and O–H groups in total. The smallest absolute Gasteiger partial charge is 0.257 e. The molecule has 0 aromatic carbocycles. The van der Waals surface area contributed by atoms with Crippen molar-refractivity contribution in [3.8, 4) is 0 Å². The van der Waals surface area contributed by atoms with Gasteiger partial charge in [0.25, 0.3) is 5.91 Å². The molecule has 1 atom stereocenters. The molecule has 4 nitrogen and oxygen atoms in total. The lowest BCUT2D eigenvalue weighted by Gasteiger charge is -2.19. The van der Waals surface area contributed by atoms with Gasteiger partial charge in [-0.05, 0) is 24.6 Å². The Kier molecular flexibility index (Phi) is 3.64. The molecule has 2 aromatic rings. The average molecular weight is 277 g/mol. The Morgan fingerprint density at radius 3 is 3.00 bits per heavy atom. The molecule has 1 fully saturated rings. The van der Waals surface area contributed by atoms with E-state index in [1.807, 2.05) is 28.8 Å². The fraction of sp³-hybridized carbons (Fsp3) is 0.357. The Hall–Kier alpha value is -1.62. The van der Waals surface area contributed by atoms with Gasteiger partial charge in [0, 0.05) is 18.8 Å². The van der Waals surface area contributed by atoms with E-state index in [0.717, 1.165) is 31.0 Å². The van der Waals surface area contributed by atoms with E-state index < -0.39 is 0 Å². The second-order valence-electron chi connectivity index (χ2n) is 4.47. The van der Waals surface area contributed by atoms with Crippen LogP contribution in [0.3, 0.4) is 0 Å². The predicted octanol–water partition coefficient (Wildman–Crippen LogP) is 3.19. The van der Waals surface area contributed by atoms with Crippen molar-refractivity contribution in [2.24, 2.45) is 0 Å². The van der Waals surface area contributed by atoms with Gasteiger partial charge in [-0.1, -0.05) is 0 Å². The first-order valence-electron chi connectivity index (χ1n) is 6.31. The van der Waals surface area contributed by atoms with Gasteiger partial charge in [0.05, 0.1) is 23.3 Å². The Balaban J connectivity index is 1.66. The normalized spacial score (nSPS) is 20.2. The summed E-state index contributed by atoms with van der Waals surface area (Å²) in [6.45, 7) is 1.52. The van der Waals surface area contributed by atoms with Gasteiger partial charge < -0.3 is 13.7 Å². The molecule has 0 spiro atoms. The summed E-state index contributed by atoms with van der Waals surface area (Å²) in [5.41, 5.74) is 0.626. The molecule has 0 saturated carbocycles. The minimum Gasteiger partial charge on any atom is -0.472 e. The van der Waals surface area contributed by atoms with Crippen LogP contribution in [0.15, 0.2) is 45.8 Å². The lowest BCUT2D eigenvalue weighted by molar-refractivity contribution is 0.0765.